The Morgan fingerprint density at radius 2 is 1.84 bits per heavy atom. The summed E-state index contributed by atoms with van der Waals surface area (Å²) in [6.07, 6.45) is 0. The summed E-state index contributed by atoms with van der Waals surface area (Å²) in [5, 5.41) is 27.5. The van der Waals surface area contributed by atoms with Gasteiger partial charge in [0.05, 0.1) is 5.69 Å². The monoisotopic (exact) mass is 330 g/mol. The first-order chi connectivity index (χ1) is 12.1. The van der Waals surface area contributed by atoms with Gasteiger partial charge in [-0.15, -0.1) is 5.11 Å². The number of benzene rings is 2. The second-order valence-corrected chi connectivity index (χ2v) is 5.42. The van der Waals surface area contributed by atoms with E-state index < -0.39 is 11.4 Å². The summed E-state index contributed by atoms with van der Waals surface area (Å²) in [5.41, 5.74) is 1.75. The van der Waals surface area contributed by atoms with E-state index in [0.29, 0.717) is 11.3 Å². The number of aryl methyl sites for hydroxylation is 1. The molecule has 0 amide bonds. The van der Waals surface area contributed by atoms with Gasteiger partial charge in [-0.05, 0) is 30.2 Å². The Morgan fingerprint density at radius 1 is 1.08 bits per heavy atom. The highest BCUT2D eigenvalue weighted by atomic mass is 16.3. The standard InChI is InChI=1S/C19H14N4O2/c1-12-6-5-9-14(10-12)22-23-17-16(13-7-3-2-4-8-13)15(11-20)18(24)21-19(17)25/h2-10H,1H3,(H2,21,24,25). The molecule has 1 aromatic heterocycles. The molecule has 2 aromatic carbocycles. The van der Waals surface area contributed by atoms with Crippen molar-refractivity contribution in [2.45, 2.75) is 6.92 Å². The first-order valence-corrected chi connectivity index (χ1v) is 7.53. The molecule has 0 saturated carbocycles. The lowest BCUT2D eigenvalue weighted by Crippen LogP contribution is -2.08. The highest BCUT2D eigenvalue weighted by molar-refractivity contribution is 5.82. The number of nitrogens with one attached hydrogen (secondary N) is 1. The van der Waals surface area contributed by atoms with Gasteiger partial charge in [-0.25, -0.2) is 0 Å². The lowest BCUT2D eigenvalue weighted by molar-refractivity contribution is 0.450. The number of azo groups is 1. The van der Waals surface area contributed by atoms with E-state index in [0.717, 1.165) is 5.56 Å². The highest BCUT2D eigenvalue weighted by Crippen LogP contribution is 2.34. The molecule has 0 bridgehead atoms. The molecule has 0 radical (unpaired) electrons. The summed E-state index contributed by atoms with van der Waals surface area (Å²) in [6, 6.07) is 18.1. The number of nitriles is 1. The average Bonchev–Trinajstić information content (AvgIpc) is 2.61. The van der Waals surface area contributed by atoms with E-state index >= 15 is 0 Å². The molecule has 0 aliphatic heterocycles. The first-order valence-electron chi connectivity index (χ1n) is 7.53. The second kappa shape index (κ2) is 6.81. The van der Waals surface area contributed by atoms with E-state index in [1.54, 1.807) is 30.3 Å². The number of hydrogen-bond donors (Lipinski definition) is 2. The largest absolute Gasteiger partial charge is 0.494 e. The van der Waals surface area contributed by atoms with Crippen LogP contribution in [-0.4, -0.2) is 10.1 Å². The summed E-state index contributed by atoms with van der Waals surface area (Å²) >= 11 is 0. The quantitative estimate of drug-likeness (QED) is 0.698. The van der Waals surface area contributed by atoms with Crippen molar-refractivity contribution in [3.63, 3.8) is 0 Å². The molecule has 3 aromatic rings. The van der Waals surface area contributed by atoms with Crippen molar-refractivity contribution in [2.24, 2.45) is 10.2 Å². The van der Waals surface area contributed by atoms with Crippen molar-refractivity contribution in [1.29, 1.82) is 5.26 Å². The molecule has 0 aliphatic carbocycles. The van der Waals surface area contributed by atoms with Crippen LogP contribution < -0.4 is 5.56 Å². The third-order valence-corrected chi connectivity index (χ3v) is 3.61. The molecule has 0 unspecified atom stereocenters. The number of hydrogen-bond acceptors (Lipinski definition) is 5. The number of rotatable bonds is 3. The van der Waals surface area contributed by atoms with Crippen LogP contribution >= 0.6 is 0 Å². The smallest absolute Gasteiger partial charge is 0.279 e. The molecule has 6 nitrogen and oxygen atoms in total. The van der Waals surface area contributed by atoms with Gasteiger partial charge in [0, 0.05) is 5.56 Å². The van der Waals surface area contributed by atoms with Crippen LogP contribution in [0.15, 0.2) is 69.6 Å². The molecule has 0 atom stereocenters. The number of H-pyrrole nitrogens is 1. The number of nitrogens with zero attached hydrogens (tertiary/aromatic N) is 3. The van der Waals surface area contributed by atoms with Crippen LogP contribution in [-0.2, 0) is 0 Å². The molecule has 0 saturated heterocycles. The second-order valence-electron chi connectivity index (χ2n) is 5.42. The maximum atomic E-state index is 12.3. The molecule has 25 heavy (non-hydrogen) atoms. The summed E-state index contributed by atoms with van der Waals surface area (Å²) in [6.45, 7) is 1.93. The molecule has 0 aliphatic rings. The number of aromatic nitrogens is 1. The Balaban J connectivity index is 2.23. The summed E-state index contributed by atoms with van der Waals surface area (Å²) in [4.78, 5) is 14.6. The topological polar surface area (TPSA) is 102 Å². The fraction of sp³-hybridized carbons (Fsp3) is 0.0526. The Bertz CT molecular complexity index is 1050. The van der Waals surface area contributed by atoms with E-state index in [1.807, 2.05) is 37.3 Å². The summed E-state index contributed by atoms with van der Waals surface area (Å²) < 4.78 is 0. The minimum Gasteiger partial charge on any atom is -0.494 e. The first kappa shape index (κ1) is 16.1. The Kier molecular flexibility index (Phi) is 4.40. The highest BCUT2D eigenvalue weighted by Gasteiger charge is 2.19. The predicted molar refractivity (Wildman–Crippen MR) is 94.2 cm³/mol. The zero-order valence-corrected chi connectivity index (χ0v) is 13.4. The van der Waals surface area contributed by atoms with Gasteiger partial charge < -0.3 is 5.11 Å². The van der Waals surface area contributed by atoms with Crippen molar-refractivity contribution < 1.29 is 5.11 Å². The zero-order valence-electron chi connectivity index (χ0n) is 13.4. The van der Waals surface area contributed by atoms with Crippen LogP contribution in [0, 0.1) is 18.3 Å². The number of aromatic hydroxyl groups is 1. The van der Waals surface area contributed by atoms with E-state index in [9.17, 15) is 15.2 Å². The maximum absolute atomic E-state index is 12.3. The van der Waals surface area contributed by atoms with Gasteiger partial charge in [-0.1, -0.05) is 42.5 Å². The Morgan fingerprint density at radius 3 is 2.52 bits per heavy atom. The van der Waals surface area contributed by atoms with E-state index in [4.69, 9.17) is 0 Å². The third kappa shape index (κ3) is 3.31. The molecular formula is C19H14N4O2. The average molecular weight is 330 g/mol. The third-order valence-electron chi connectivity index (χ3n) is 3.61. The molecule has 122 valence electrons. The van der Waals surface area contributed by atoms with Gasteiger partial charge >= 0.3 is 0 Å². The van der Waals surface area contributed by atoms with Crippen molar-refractivity contribution in [3.8, 4) is 23.1 Å². The fourth-order valence-electron chi connectivity index (χ4n) is 2.47. The van der Waals surface area contributed by atoms with Crippen molar-refractivity contribution in [3.05, 3.63) is 76.1 Å². The molecular weight excluding hydrogens is 316 g/mol. The van der Waals surface area contributed by atoms with Gasteiger partial charge in [0.2, 0.25) is 5.88 Å². The maximum Gasteiger partial charge on any atom is 0.279 e. The lowest BCUT2D eigenvalue weighted by Gasteiger charge is -2.08. The Hall–Kier alpha value is -3.72. The zero-order chi connectivity index (χ0) is 17.8. The molecule has 1 heterocycles. The van der Waals surface area contributed by atoms with Gasteiger partial charge in [-0.2, -0.15) is 10.4 Å². The Labute approximate surface area is 143 Å². The number of pyridine rings is 1. The molecule has 0 spiro atoms. The fourth-order valence-corrected chi connectivity index (χ4v) is 2.47. The van der Waals surface area contributed by atoms with Gasteiger partial charge in [-0.3, -0.25) is 9.78 Å². The van der Waals surface area contributed by atoms with E-state index in [1.165, 1.54) is 0 Å². The van der Waals surface area contributed by atoms with E-state index in [-0.39, 0.29) is 16.8 Å². The van der Waals surface area contributed by atoms with E-state index in [2.05, 4.69) is 15.2 Å². The van der Waals surface area contributed by atoms with Crippen LogP contribution in [0.5, 0.6) is 5.88 Å². The lowest BCUT2D eigenvalue weighted by atomic mass is 10.00. The van der Waals surface area contributed by atoms with Crippen molar-refractivity contribution >= 4 is 11.4 Å². The van der Waals surface area contributed by atoms with Gasteiger partial charge in [0.15, 0.2) is 5.69 Å². The number of aromatic amines is 1. The van der Waals surface area contributed by atoms with Crippen molar-refractivity contribution in [2.75, 3.05) is 0 Å². The molecule has 0 fully saturated rings. The van der Waals surface area contributed by atoms with Gasteiger partial charge in [0.1, 0.15) is 11.6 Å². The minimum absolute atomic E-state index is 0.0259. The van der Waals surface area contributed by atoms with Crippen molar-refractivity contribution in [1.82, 2.24) is 4.98 Å². The summed E-state index contributed by atoms with van der Waals surface area (Å²) in [7, 11) is 0. The summed E-state index contributed by atoms with van der Waals surface area (Å²) in [5.74, 6) is -0.485. The van der Waals surface area contributed by atoms with Crippen LogP contribution in [0.2, 0.25) is 0 Å². The van der Waals surface area contributed by atoms with Gasteiger partial charge in [0.25, 0.3) is 5.56 Å². The minimum atomic E-state index is -0.619. The van der Waals surface area contributed by atoms with Crippen LogP contribution in [0.3, 0.4) is 0 Å². The van der Waals surface area contributed by atoms with Crippen LogP contribution in [0.4, 0.5) is 11.4 Å². The SMILES string of the molecule is Cc1cccc(N=Nc2c(-c3ccccc3)c(C#N)c(O)[nH]c2=O)c1. The van der Waals surface area contributed by atoms with Crippen LogP contribution in [0.1, 0.15) is 11.1 Å². The predicted octanol–water partition coefficient (Wildman–Crippen LogP) is 4.34. The molecule has 3 rings (SSSR count). The molecule has 6 heteroatoms. The normalized spacial score (nSPS) is 10.7. The molecule has 2 N–H and O–H groups in total. The van der Waals surface area contributed by atoms with Crippen LogP contribution in [0.25, 0.3) is 11.1 Å².